The Hall–Kier alpha value is -2.80. The minimum Gasteiger partial charge on any atom is -0.469 e. The first-order chi connectivity index (χ1) is 12.2. The lowest BCUT2D eigenvalue weighted by molar-refractivity contribution is -0.117. The Bertz CT molecular complexity index is 729. The highest BCUT2D eigenvalue weighted by molar-refractivity contribution is 5.96. The van der Waals surface area contributed by atoms with Crippen LogP contribution < -0.4 is 10.6 Å². The lowest BCUT2D eigenvalue weighted by Crippen LogP contribution is -2.17. The Morgan fingerprint density at radius 1 is 1.16 bits per heavy atom. The van der Waals surface area contributed by atoms with Crippen LogP contribution in [0.25, 0.3) is 0 Å². The van der Waals surface area contributed by atoms with Crippen molar-refractivity contribution < 1.29 is 23.5 Å². The Labute approximate surface area is 145 Å². The van der Waals surface area contributed by atoms with Gasteiger partial charge in [-0.2, -0.15) is 0 Å². The molecular weight excluding hydrogens is 324 g/mol. The van der Waals surface area contributed by atoms with Crippen molar-refractivity contribution >= 4 is 23.4 Å². The Kier molecular flexibility index (Phi) is 5.35. The summed E-state index contributed by atoms with van der Waals surface area (Å²) in [7, 11) is 1.53. The van der Waals surface area contributed by atoms with E-state index in [-0.39, 0.29) is 24.3 Å². The van der Waals surface area contributed by atoms with E-state index in [2.05, 4.69) is 10.6 Å². The number of benzene rings is 1. The zero-order valence-electron chi connectivity index (χ0n) is 13.9. The number of carbonyl (C=O) groups is 2. The average molecular weight is 344 g/mol. The van der Waals surface area contributed by atoms with Gasteiger partial charge < -0.3 is 19.2 Å². The third-order valence-electron chi connectivity index (χ3n) is 3.93. The van der Waals surface area contributed by atoms with Gasteiger partial charge in [-0.15, -0.1) is 0 Å². The number of hydrogen-bond acceptors (Lipinski definition) is 5. The number of hydrogen-bond donors (Lipinski definition) is 2. The van der Waals surface area contributed by atoms with Crippen molar-refractivity contribution in [3.05, 3.63) is 48.4 Å². The predicted octanol–water partition coefficient (Wildman–Crippen LogP) is 3.22. The van der Waals surface area contributed by atoms with Crippen LogP contribution in [0.5, 0.6) is 0 Å². The summed E-state index contributed by atoms with van der Waals surface area (Å²) in [5.41, 5.74) is 1.16. The molecule has 7 heteroatoms. The number of furan rings is 1. The zero-order valence-corrected chi connectivity index (χ0v) is 13.9. The summed E-state index contributed by atoms with van der Waals surface area (Å²) in [6.07, 6.45) is 1.83. The van der Waals surface area contributed by atoms with Gasteiger partial charge in [-0.3, -0.25) is 10.1 Å². The smallest absolute Gasteiger partial charge is 0.411 e. The van der Waals surface area contributed by atoms with Gasteiger partial charge in [0.15, 0.2) is 0 Å². The Balaban J connectivity index is 1.51. The highest BCUT2D eigenvalue weighted by Crippen LogP contribution is 2.48. The minimum absolute atomic E-state index is 0.0544. The van der Waals surface area contributed by atoms with Crippen LogP contribution in [0.3, 0.4) is 0 Å². The van der Waals surface area contributed by atoms with Crippen molar-refractivity contribution in [3.63, 3.8) is 0 Å². The van der Waals surface area contributed by atoms with Gasteiger partial charge in [-0.25, -0.2) is 4.79 Å². The van der Waals surface area contributed by atoms with E-state index in [1.807, 2.05) is 12.1 Å². The second-order valence-corrected chi connectivity index (χ2v) is 5.79. The fourth-order valence-electron chi connectivity index (χ4n) is 2.58. The van der Waals surface area contributed by atoms with Crippen molar-refractivity contribution in [1.82, 2.24) is 0 Å². The van der Waals surface area contributed by atoms with Gasteiger partial charge in [0, 0.05) is 30.3 Å². The van der Waals surface area contributed by atoms with Crippen molar-refractivity contribution in [2.24, 2.45) is 5.92 Å². The molecule has 2 aromatic rings. The van der Waals surface area contributed by atoms with Crippen LogP contribution in [0.2, 0.25) is 0 Å². The average Bonchev–Trinajstić information content (AvgIpc) is 3.21. The van der Waals surface area contributed by atoms with E-state index in [9.17, 15) is 9.59 Å². The number of carbonyl (C=O) groups excluding carboxylic acids is 2. The van der Waals surface area contributed by atoms with Gasteiger partial charge in [-0.05, 0) is 36.8 Å². The fraction of sp³-hybridized carbons (Fsp3) is 0.333. The molecule has 7 nitrogen and oxygen atoms in total. The van der Waals surface area contributed by atoms with Crippen molar-refractivity contribution in [2.45, 2.75) is 12.3 Å². The number of rotatable bonds is 7. The van der Waals surface area contributed by atoms with Crippen LogP contribution in [0.1, 0.15) is 18.1 Å². The largest absolute Gasteiger partial charge is 0.469 e. The summed E-state index contributed by atoms with van der Waals surface area (Å²) in [6, 6.07) is 10.6. The molecule has 2 unspecified atom stereocenters. The molecule has 0 aliphatic heterocycles. The molecule has 2 amide bonds. The molecule has 1 aromatic heterocycles. The number of ether oxygens (including phenoxy) is 2. The molecule has 132 valence electrons. The van der Waals surface area contributed by atoms with Gasteiger partial charge in [-0.1, -0.05) is 6.07 Å². The normalized spacial score (nSPS) is 18.4. The molecule has 1 heterocycles. The molecular formula is C18H20N2O5. The highest BCUT2D eigenvalue weighted by atomic mass is 16.6. The summed E-state index contributed by atoms with van der Waals surface area (Å²) in [5, 5.41) is 5.48. The van der Waals surface area contributed by atoms with Crippen LogP contribution in [0.4, 0.5) is 16.2 Å². The quantitative estimate of drug-likeness (QED) is 0.753. The van der Waals surface area contributed by atoms with E-state index in [1.165, 1.54) is 7.11 Å². The monoisotopic (exact) mass is 344 g/mol. The molecule has 1 fully saturated rings. The summed E-state index contributed by atoms with van der Waals surface area (Å²) < 4.78 is 15.1. The zero-order chi connectivity index (χ0) is 17.6. The van der Waals surface area contributed by atoms with Gasteiger partial charge in [0.1, 0.15) is 12.4 Å². The standard InChI is InChI=1S/C18H20N2O5/c1-23-8-9-25-18(22)20-13-5-2-4-12(10-13)19-17(21)15-11-14(15)16-6-3-7-24-16/h2-7,10,14-15H,8-9,11H2,1H3,(H,19,21)(H,20,22). The highest BCUT2D eigenvalue weighted by Gasteiger charge is 2.45. The first-order valence-electron chi connectivity index (χ1n) is 8.04. The topological polar surface area (TPSA) is 89.8 Å². The maximum absolute atomic E-state index is 12.3. The summed E-state index contributed by atoms with van der Waals surface area (Å²) in [6.45, 7) is 0.510. The molecule has 0 bridgehead atoms. The van der Waals surface area contributed by atoms with Crippen LogP contribution in [-0.2, 0) is 14.3 Å². The van der Waals surface area contributed by atoms with Gasteiger partial charge >= 0.3 is 6.09 Å². The number of nitrogens with one attached hydrogen (secondary N) is 2. The molecule has 3 rings (SSSR count). The molecule has 1 aromatic carbocycles. The number of methoxy groups -OCH3 is 1. The molecule has 0 radical (unpaired) electrons. The van der Waals surface area contributed by atoms with E-state index >= 15 is 0 Å². The molecule has 1 aliphatic carbocycles. The second-order valence-electron chi connectivity index (χ2n) is 5.79. The molecule has 1 aliphatic rings. The molecule has 2 N–H and O–H groups in total. The fourth-order valence-corrected chi connectivity index (χ4v) is 2.58. The number of anilines is 2. The van der Waals surface area contributed by atoms with E-state index in [4.69, 9.17) is 13.9 Å². The van der Waals surface area contributed by atoms with Gasteiger partial charge in [0.05, 0.1) is 12.9 Å². The molecule has 2 atom stereocenters. The molecule has 1 saturated carbocycles. The lowest BCUT2D eigenvalue weighted by atomic mass is 10.2. The Morgan fingerprint density at radius 2 is 1.96 bits per heavy atom. The summed E-state index contributed by atoms with van der Waals surface area (Å²) >= 11 is 0. The van der Waals surface area contributed by atoms with E-state index in [0.29, 0.717) is 18.0 Å². The summed E-state index contributed by atoms with van der Waals surface area (Å²) in [4.78, 5) is 23.9. The van der Waals surface area contributed by atoms with E-state index in [0.717, 1.165) is 12.2 Å². The maximum Gasteiger partial charge on any atom is 0.411 e. The third-order valence-corrected chi connectivity index (χ3v) is 3.93. The van der Waals surface area contributed by atoms with Crippen LogP contribution in [0, 0.1) is 5.92 Å². The minimum atomic E-state index is -0.569. The predicted molar refractivity (Wildman–Crippen MR) is 91.5 cm³/mol. The van der Waals surface area contributed by atoms with Crippen molar-refractivity contribution in [3.8, 4) is 0 Å². The molecule has 0 saturated heterocycles. The third kappa shape index (κ3) is 4.60. The van der Waals surface area contributed by atoms with Gasteiger partial charge in [0.25, 0.3) is 0 Å². The van der Waals surface area contributed by atoms with Crippen molar-refractivity contribution in [2.75, 3.05) is 31.0 Å². The number of amides is 2. The first-order valence-corrected chi connectivity index (χ1v) is 8.04. The van der Waals surface area contributed by atoms with E-state index in [1.54, 1.807) is 30.5 Å². The lowest BCUT2D eigenvalue weighted by Gasteiger charge is -2.09. The van der Waals surface area contributed by atoms with Gasteiger partial charge in [0.2, 0.25) is 5.91 Å². The maximum atomic E-state index is 12.3. The van der Waals surface area contributed by atoms with Crippen LogP contribution >= 0.6 is 0 Å². The Morgan fingerprint density at radius 3 is 2.68 bits per heavy atom. The van der Waals surface area contributed by atoms with Crippen LogP contribution in [-0.4, -0.2) is 32.3 Å². The SMILES string of the molecule is COCCOC(=O)Nc1cccc(NC(=O)C2CC2c2ccco2)c1. The van der Waals surface area contributed by atoms with E-state index < -0.39 is 6.09 Å². The molecule has 0 spiro atoms. The summed E-state index contributed by atoms with van der Waals surface area (Å²) in [5.74, 6) is 0.851. The van der Waals surface area contributed by atoms with Crippen LogP contribution in [0.15, 0.2) is 47.1 Å². The molecule has 25 heavy (non-hydrogen) atoms. The second kappa shape index (κ2) is 7.85. The van der Waals surface area contributed by atoms with Crippen molar-refractivity contribution in [1.29, 1.82) is 0 Å². The first kappa shape index (κ1) is 17.0.